The van der Waals surface area contributed by atoms with Crippen molar-refractivity contribution in [2.75, 3.05) is 6.61 Å². The number of hydrogen-bond acceptors (Lipinski definition) is 7. The van der Waals surface area contributed by atoms with Crippen LogP contribution in [0.1, 0.15) is 17.4 Å². The van der Waals surface area contributed by atoms with E-state index in [4.69, 9.17) is 9.52 Å². The first kappa shape index (κ1) is 20.1. The van der Waals surface area contributed by atoms with Crippen LogP contribution in [0.15, 0.2) is 53.1 Å². The number of aliphatic carboxylic acids is 1. The summed E-state index contributed by atoms with van der Waals surface area (Å²) in [5.74, 6) is -0.948. The maximum absolute atomic E-state index is 11.7. The largest absolute Gasteiger partial charge is 0.480 e. The van der Waals surface area contributed by atoms with E-state index in [9.17, 15) is 25.2 Å². The molecular formula is C18H23NO7. The van der Waals surface area contributed by atoms with Crippen molar-refractivity contribution in [3.05, 3.63) is 60.1 Å². The Kier molecular flexibility index (Phi) is 7.31. The average Bonchev–Trinajstić information content (AvgIpc) is 3.18. The minimum Gasteiger partial charge on any atom is -0.480 e. The summed E-state index contributed by atoms with van der Waals surface area (Å²) in [5.41, 5.74) is 0.774. The zero-order valence-corrected chi connectivity index (χ0v) is 14.0. The molecule has 0 aliphatic carbocycles. The number of rotatable bonds is 10. The Morgan fingerprint density at radius 2 is 1.73 bits per heavy atom. The Balaban J connectivity index is 2.22. The second kappa shape index (κ2) is 9.46. The Labute approximate surface area is 150 Å². The van der Waals surface area contributed by atoms with E-state index in [-0.39, 0.29) is 12.2 Å². The number of benzene rings is 1. The summed E-state index contributed by atoms with van der Waals surface area (Å²) in [4.78, 5) is 11.7. The number of furan rings is 1. The molecule has 6 N–H and O–H groups in total. The molecule has 0 fully saturated rings. The van der Waals surface area contributed by atoms with E-state index in [1.165, 1.54) is 12.3 Å². The van der Waals surface area contributed by atoms with Crippen LogP contribution >= 0.6 is 0 Å². The molecule has 1 unspecified atom stereocenters. The van der Waals surface area contributed by atoms with Gasteiger partial charge in [-0.1, -0.05) is 30.3 Å². The summed E-state index contributed by atoms with van der Waals surface area (Å²) in [6, 6.07) is 9.82. The Morgan fingerprint density at radius 1 is 1.04 bits per heavy atom. The molecular weight excluding hydrogens is 342 g/mol. The molecule has 26 heavy (non-hydrogen) atoms. The Morgan fingerprint density at radius 3 is 2.27 bits per heavy atom. The normalized spacial score (nSPS) is 17.2. The fourth-order valence-corrected chi connectivity index (χ4v) is 2.63. The first-order chi connectivity index (χ1) is 12.4. The molecule has 0 aliphatic heterocycles. The first-order valence-corrected chi connectivity index (χ1v) is 8.15. The maximum Gasteiger partial charge on any atom is 0.321 e. The standard InChI is InChI=1S/C18H23NO7/c20-10-13(21)16(22)17(23)15(14-7-4-8-26-14)19-12(18(24)25)9-11-5-2-1-3-6-11/h1-8,12-13,15-17,19-23H,9-10H2,(H,24,25)/t12?,13-,15+,16+,17+/m1/s1. The van der Waals surface area contributed by atoms with E-state index in [0.717, 1.165) is 5.56 Å². The van der Waals surface area contributed by atoms with Crippen molar-refractivity contribution in [1.82, 2.24) is 5.32 Å². The number of aliphatic hydroxyl groups is 4. The molecule has 1 heterocycles. The summed E-state index contributed by atoms with van der Waals surface area (Å²) in [7, 11) is 0. The molecule has 142 valence electrons. The summed E-state index contributed by atoms with van der Waals surface area (Å²) in [5, 5.41) is 51.3. The molecule has 8 nitrogen and oxygen atoms in total. The van der Waals surface area contributed by atoms with Crippen molar-refractivity contribution < 1.29 is 34.7 Å². The van der Waals surface area contributed by atoms with Crippen LogP contribution in [0.4, 0.5) is 0 Å². The van der Waals surface area contributed by atoms with E-state index in [0.29, 0.717) is 0 Å². The zero-order valence-electron chi connectivity index (χ0n) is 14.0. The second-order valence-electron chi connectivity index (χ2n) is 5.97. The quantitative estimate of drug-likeness (QED) is 0.336. The van der Waals surface area contributed by atoms with Gasteiger partial charge in [0, 0.05) is 0 Å². The van der Waals surface area contributed by atoms with E-state index >= 15 is 0 Å². The van der Waals surface area contributed by atoms with Gasteiger partial charge in [0.2, 0.25) is 0 Å². The molecule has 5 atom stereocenters. The number of carboxylic acid groups (broad SMARTS) is 1. The van der Waals surface area contributed by atoms with Crippen LogP contribution < -0.4 is 5.32 Å². The van der Waals surface area contributed by atoms with Crippen molar-refractivity contribution in [2.45, 2.75) is 36.8 Å². The lowest BCUT2D eigenvalue weighted by Crippen LogP contribution is -2.50. The molecule has 0 radical (unpaired) electrons. The molecule has 1 aromatic carbocycles. The SMILES string of the molecule is O=C(O)C(Cc1ccccc1)N[C@@H](c1ccco1)[C@H](O)[C@@H](O)[C@H](O)CO. The highest BCUT2D eigenvalue weighted by Crippen LogP contribution is 2.23. The molecule has 2 rings (SSSR count). The summed E-state index contributed by atoms with van der Waals surface area (Å²) in [6.07, 6.45) is -3.41. The molecule has 2 aromatic rings. The van der Waals surface area contributed by atoms with Gasteiger partial charge in [0.15, 0.2) is 0 Å². The van der Waals surface area contributed by atoms with Crippen molar-refractivity contribution in [1.29, 1.82) is 0 Å². The zero-order chi connectivity index (χ0) is 19.1. The molecule has 0 spiro atoms. The van der Waals surface area contributed by atoms with Gasteiger partial charge >= 0.3 is 5.97 Å². The van der Waals surface area contributed by atoms with Crippen LogP contribution in [-0.4, -0.2) is 62.5 Å². The number of nitrogens with one attached hydrogen (secondary N) is 1. The van der Waals surface area contributed by atoms with E-state index in [1.807, 2.05) is 6.07 Å². The minimum absolute atomic E-state index is 0.138. The lowest BCUT2D eigenvalue weighted by Gasteiger charge is -2.30. The topological polar surface area (TPSA) is 143 Å². The van der Waals surface area contributed by atoms with Crippen molar-refractivity contribution >= 4 is 5.97 Å². The van der Waals surface area contributed by atoms with Gasteiger partial charge in [-0.25, -0.2) is 0 Å². The third-order valence-corrected chi connectivity index (χ3v) is 4.08. The van der Waals surface area contributed by atoms with Gasteiger partial charge in [0.05, 0.1) is 18.9 Å². The lowest BCUT2D eigenvalue weighted by atomic mass is 9.97. The summed E-state index contributed by atoms with van der Waals surface area (Å²) >= 11 is 0. The van der Waals surface area contributed by atoms with Crippen molar-refractivity contribution in [3.8, 4) is 0 Å². The average molecular weight is 365 g/mol. The van der Waals surface area contributed by atoms with Gasteiger partial charge in [0.25, 0.3) is 0 Å². The van der Waals surface area contributed by atoms with Crippen molar-refractivity contribution in [2.24, 2.45) is 0 Å². The van der Waals surface area contributed by atoms with Crippen LogP contribution in [0.3, 0.4) is 0 Å². The van der Waals surface area contributed by atoms with Gasteiger partial charge < -0.3 is 29.9 Å². The van der Waals surface area contributed by atoms with Crippen LogP contribution in [0.5, 0.6) is 0 Å². The van der Waals surface area contributed by atoms with Gasteiger partial charge in [-0.2, -0.15) is 0 Å². The minimum atomic E-state index is -1.70. The maximum atomic E-state index is 11.7. The van der Waals surface area contributed by atoms with E-state index < -0.39 is 43.0 Å². The molecule has 0 aliphatic rings. The van der Waals surface area contributed by atoms with Crippen LogP contribution in [0, 0.1) is 0 Å². The molecule has 0 bridgehead atoms. The highest BCUT2D eigenvalue weighted by Gasteiger charge is 2.36. The first-order valence-electron chi connectivity index (χ1n) is 8.15. The smallest absolute Gasteiger partial charge is 0.321 e. The molecule has 1 aromatic heterocycles. The van der Waals surface area contributed by atoms with Gasteiger partial charge in [-0.15, -0.1) is 0 Å². The number of carboxylic acids is 1. The van der Waals surface area contributed by atoms with Crippen LogP contribution in [0.2, 0.25) is 0 Å². The van der Waals surface area contributed by atoms with Gasteiger partial charge in [0.1, 0.15) is 30.1 Å². The second-order valence-corrected chi connectivity index (χ2v) is 5.97. The van der Waals surface area contributed by atoms with Crippen LogP contribution in [-0.2, 0) is 11.2 Å². The number of aliphatic hydroxyl groups excluding tert-OH is 4. The predicted molar refractivity (Wildman–Crippen MR) is 91.3 cm³/mol. The summed E-state index contributed by atoms with van der Waals surface area (Å²) in [6.45, 7) is -0.754. The van der Waals surface area contributed by atoms with Gasteiger partial charge in [-0.05, 0) is 24.1 Å². The van der Waals surface area contributed by atoms with Crippen LogP contribution in [0.25, 0.3) is 0 Å². The highest BCUT2D eigenvalue weighted by molar-refractivity contribution is 5.74. The molecule has 0 amide bonds. The van der Waals surface area contributed by atoms with Crippen molar-refractivity contribution in [3.63, 3.8) is 0 Å². The molecule has 0 saturated carbocycles. The number of hydrogen-bond donors (Lipinski definition) is 6. The van der Waals surface area contributed by atoms with Gasteiger partial charge in [-0.3, -0.25) is 10.1 Å². The third kappa shape index (κ3) is 5.13. The monoisotopic (exact) mass is 365 g/mol. The lowest BCUT2D eigenvalue weighted by molar-refractivity contribution is -0.140. The molecule has 0 saturated heterocycles. The molecule has 8 heteroatoms. The fourth-order valence-electron chi connectivity index (χ4n) is 2.63. The van der Waals surface area contributed by atoms with E-state index in [2.05, 4.69) is 5.32 Å². The summed E-state index contributed by atoms with van der Waals surface area (Å²) < 4.78 is 5.24. The third-order valence-electron chi connectivity index (χ3n) is 4.08. The van der Waals surface area contributed by atoms with E-state index in [1.54, 1.807) is 30.3 Å². The Bertz CT molecular complexity index is 661. The Hall–Kier alpha value is -2.23. The highest BCUT2D eigenvalue weighted by atomic mass is 16.4. The predicted octanol–water partition coefficient (Wildman–Crippen LogP) is -0.319. The fraction of sp³-hybridized carbons (Fsp3) is 0.389. The number of carbonyl (C=O) groups is 1.